The summed E-state index contributed by atoms with van der Waals surface area (Å²) in [5.41, 5.74) is 1.68. The Hall–Kier alpha value is -2.90. The van der Waals surface area contributed by atoms with Gasteiger partial charge in [0.1, 0.15) is 12.4 Å². The summed E-state index contributed by atoms with van der Waals surface area (Å²) in [5, 5.41) is 15.0. The van der Waals surface area contributed by atoms with E-state index in [9.17, 15) is 4.79 Å². The predicted molar refractivity (Wildman–Crippen MR) is 109 cm³/mol. The third kappa shape index (κ3) is 5.54. The van der Waals surface area contributed by atoms with Crippen molar-refractivity contribution in [1.29, 1.82) is 0 Å². The number of allylic oxidation sites excluding steroid dienone is 1. The normalized spacial score (nSPS) is 10.3. The Morgan fingerprint density at radius 3 is 2.70 bits per heavy atom. The number of para-hydroxylation sites is 1. The van der Waals surface area contributed by atoms with Crippen molar-refractivity contribution in [1.82, 2.24) is 10.2 Å². The number of nitrogens with zero attached hydrogens (tertiary/aromatic N) is 2. The fraction of sp³-hybridized carbons (Fsp3) is 0.105. The lowest BCUT2D eigenvalue weighted by Crippen LogP contribution is -2.19. The van der Waals surface area contributed by atoms with E-state index in [1.54, 1.807) is 24.3 Å². The van der Waals surface area contributed by atoms with Crippen LogP contribution in [-0.2, 0) is 13.0 Å². The average molecular weight is 401 g/mol. The third-order valence-electron chi connectivity index (χ3n) is 3.48. The van der Waals surface area contributed by atoms with Crippen LogP contribution in [0.15, 0.2) is 61.2 Å². The van der Waals surface area contributed by atoms with Crippen molar-refractivity contribution in [3.63, 3.8) is 0 Å². The molecule has 8 heteroatoms. The summed E-state index contributed by atoms with van der Waals surface area (Å²) in [6.07, 6.45) is 2.55. The number of anilines is 2. The molecule has 6 nitrogen and oxygen atoms in total. The standard InChI is InChI=1S/C19H17ClN4O2S/c1-2-5-13-6-3-4-7-16(13)26-12-17-23-24-19(27-17)22-18(25)21-15-10-8-14(20)9-11-15/h2-4,6-11H,1,5,12H2,(H2,21,22,24,25). The quantitative estimate of drug-likeness (QED) is 0.538. The molecule has 0 saturated carbocycles. The second-order valence-electron chi connectivity index (χ2n) is 5.48. The van der Waals surface area contributed by atoms with Gasteiger partial charge in [-0.25, -0.2) is 4.79 Å². The van der Waals surface area contributed by atoms with Crippen LogP contribution in [-0.4, -0.2) is 16.2 Å². The zero-order valence-corrected chi connectivity index (χ0v) is 15.9. The number of urea groups is 1. The van der Waals surface area contributed by atoms with Crippen LogP contribution in [0, 0.1) is 0 Å². The first-order chi connectivity index (χ1) is 13.1. The summed E-state index contributed by atoms with van der Waals surface area (Å²) in [6.45, 7) is 4.02. The lowest BCUT2D eigenvalue weighted by atomic mass is 10.1. The molecular formula is C19H17ClN4O2S. The van der Waals surface area contributed by atoms with Crippen LogP contribution < -0.4 is 15.4 Å². The monoisotopic (exact) mass is 400 g/mol. The van der Waals surface area contributed by atoms with E-state index in [1.807, 2.05) is 30.3 Å². The van der Waals surface area contributed by atoms with Gasteiger partial charge in [0, 0.05) is 10.7 Å². The summed E-state index contributed by atoms with van der Waals surface area (Å²) < 4.78 is 5.82. The molecule has 0 saturated heterocycles. The molecule has 0 fully saturated rings. The molecule has 1 heterocycles. The van der Waals surface area contributed by atoms with Crippen molar-refractivity contribution in [2.45, 2.75) is 13.0 Å². The van der Waals surface area contributed by atoms with E-state index in [2.05, 4.69) is 27.4 Å². The molecule has 3 aromatic rings. The number of ether oxygens (including phenoxy) is 1. The Balaban J connectivity index is 1.54. The van der Waals surface area contributed by atoms with Gasteiger partial charge < -0.3 is 10.1 Å². The van der Waals surface area contributed by atoms with Crippen molar-refractivity contribution in [3.05, 3.63) is 76.8 Å². The van der Waals surface area contributed by atoms with Gasteiger partial charge in [-0.2, -0.15) is 0 Å². The van der Waals surface area contributed by atoms with Crippen LogP contribution in [0.1, 0.15) is 10.6 Å². The minimum Gasteiger partial charge on any atom is -0.486 e. The molecule has 0 bridgehead atoms. The van der Waals surface area contributed by atoms with Crippen LogP contribution in [0.3, 0.4) is 0 Å². The van der Waals surface area contributed by atoms with Crippen molar-refractivity contribution in [2.75, 3.05) is 10.6 Å². The molecule has 0 aliphatic heterocycles. The number of carbonyl (C=O) groups is 1. The first kappa shape index (κ1) is 18.9. The molecule has 138 valence electrons. The number of hydrogen-bond donors (Lipinski definition) is 2. The summed E-state index contributed by atoms with van der Waals surface area (Å²) in [4.78, 5) is 12.0. The Bertz CT molecular complexity index is 927. The molecular weight excluding hydrogens is 384 g/mol. The number of nitrogens with one attached hydrogen (secondary N) is 2. The Labute approximate surface area is 165 Å². The average Bonchev–Trinajstić information content (AvgIpc) is 3.10. The third-order valence-corrected chi connectivity index (χ3v) is 4.54. The largest absolute Gasteiger partial charge is 0.486 e. The van der Waals surface area contributed by atoms with E-state index in [4.69, 9.17) is 16.3 Å². The number of hydrogen-bond acceptors (Lipinski definition) is 5. The van der Waals surface area contributed by atoms with Gasteiger partial charge >= 0.3 is 6.03 Å². The van der Waals surface area contributed by atoms with Crippen LogP contribution >= 0.6 is 22.9 Å². The summed E-state index contributed by atoms with van der Waals surface area (Å²) >= 11 is 7.07. The highest BCUT2D eigenvalue weighted by Crippen LogP contribution is 2.22. The molecule has 0 unspecified atom stereocenters. The summed E-state index contributed by atoms with van der Waals surface area (Å²) in [6, 6.07) is 14.2. The Morgan fingerprint density at radius 1 is 1.15 bits per heavy atom. The van der Waals surface area contributed by atoms with Crippen molar-refractivity contribution in [2.24, 2.45) is 0 Å². The summed E-state index contributed by atoms with van der Waals surface area (Å²) in [5.74, 6) is 0.780. The second-order valence-corrected chi connectivity index (χ2v) is 6.97. The lowest BCUT2D eigenvalue weighted by molar-refractivity contribution is 0.262. The highest BCUT2D eigenvalue weighted by Gasteiger charge is 2.10. The van der Waals surface area contributed by atoms with Gasteiger partial charge in [0.25, 0.3) is 0 Å². The number of carbonyl (C=O) groups excluding carboxylic acids is 1. The highest BCUT2D eigenvalue weighted by atomic mass is 35.5. The molecule has 27 heavy (non-hydrogen) atoms. The predicted octanol–water partition coefficient (Wildman–Crippen LogP) is 5.14. The minimum absolute atomic E-state index is 0.270. The van der Waals surface area contributed by atoms with Crippen molar-refractivity contribution >= 4 is 39.8 Å². The highest BCUT2D eigenvalue weighted by molar-refractivity contribution is 7.15. The molecule has 1 aromatic heterocycles. The SMILES string of the molecule is C=CCc1ccccc1OCc1nnc(NC(=O)Nc2ccc(Cl)cc2)s1. The lowest BCUT2D eigenvalue weighted by Gasteiger charge is -2.08. The molecule has 2 N–H and O–H groups in total. The fourth-order valence-electron chi connectivity index (χ4n) is 2.26. The maximum atomic E-state index is 12.0. The van der Waals surface area contributed by atoms with Crippen LogP contribution in [0.4, 0.5) is 15.6 Å². The van der Waals surface area contributed by atoms with Gasteiger partial charge in [-0.1, -0.05) is 47.2 Å². The zero-order chi connectivity index (χ0) is 19.1. The maximum absolute atomic E-state index is 12.0. The van der Waals surface area contributed by atoms with E-state index in [-0.39, 0.29) is 6.61 Å². The minimum atomic E-state index is -0.405. The van der Waals surface area contributed by atoms with Crippen molar-refractivity contribution in [3.8, 4) is 5.75 Å². The number of halogens is 1. The Morgan fingerprint density at radius 2 is 1.93 bits per heavy atom. The molecule has 0 aliphatic rings. The number of benzene rings is 2. The van der Waals surface area contributed by atoms with Gasteiger partial charge in [0.15, 0.2) is 5.01 Å². The van der Waals surface area contributed by atoms with E-state index >= 15 is 0 Å². The molecule has 2 aromatic carbocycles. The van der Waals surface area contributed by atoms with Crippen LogP contribution in [0.2, 0.25) is 5.02 Å². The number of amides is 2. The topological polar surface area (TPSA) is 76.1 Å². The molecule has 2 amide bonds. The molecule has 0 spiro atoms. The van der Waals surface area contributed by atoms with Crippen LogP contribution in [0.25, 0.3) is 0 Å². The smallest absolute Gasteiger partial charge is 0.325 e. The van der Waals surface area contributed by atoms with Gasteiger partial charge in [0.2, 0.25) is 5.13 Å². The van der Waals surface area contributed by atoms with Crippen molar-refractivity contribution < 1.29 is 9.53 Å². The first-order valence-electron chi connectivity index (χ1n) is 8.11. The Kier molecular flexibility index (Phi) is 6.40. The fourth-order valence-corrected chi connectivity index (χ4v) is 3.04. The van der Waals surface area contributed by atoms with Gasteiger partial charge in [-0.3, -0.25) is 5.32 Å². The van der Waals surface area contributed by atoms with Crippen LogP contribution in [0.5, 0.6) is 5.75 Å². The van der Waals surface area contributed by atoms with Gasteiger partial charge in [-0.15, -0.1) is 16.8 Å². The molecule has 3 rings (SSSR count). The van der Waals surface area contributed by atoms with Gasteiger partial charge in [-0.05, 0) is 42.3 Å². The number of aromatic nitrogens is 2. The zero-order valence-electron chi connectivity index (χ0n) is 14.3. The number of rotatable bonds is 7. The molecule has 0 atom stereocenters. The van der Waals surface area contributed by atoms with E-state index < -0.39 is 6.03 Å². The maximum Gasteiger partial charge on any atom is 0.325 e. The first-order valence-corrected chi connectivity index (χ1v) is 9.31. The van der Waals surface area contributed by atoms with E-state index in [0.29, 0.717) is 20.8 Å². The van der Waals surface area contributed by atoms with Gasteiger partial charge in [0.05, 0.1) is 0 Å². The van der Waals surface area contributed by atoms with E-state index in [1.165, 1.54) is 11.3 Å². The molecule has 0 aliphatic carbocycles. The van der Waals surface area contributed by atoms with E-state index in [0.717, 1.165) is 17.7 Å². The molecule has 0 radical (unpaired) electrons. The summed E-state index contributed by atoms with van der Waals surface area (Å²) in [7, 11) is 0. The second kappa shape index (κ2) is 9.16.